The zero-order valence-corrected chi connectivity index (χ0v) is 18.2. The highest BCUT2D eigenvalue weighted by Gasteiger charge is 2.34. The van der Waals surface area contributed by atoms with Gasteiger partial charge in [-0.15, -0.1) is 0 Å². The topological polar surface area (TPSA) is 86.1 Å². The third-order valence-electron chi connectivity index (χ3n) is 5.01. The monoisotopic (exact) mass is 464 g/mol. The molecule has 7 nitrogen and oxygen atoms in total. The Hall–Kier alpha value is -3.21. The molecule has 0 atom stereocenters. The number of benzene rings is 1. The number of amides is 1. The number of fused-ring (bicyclic) bond motifs is 1. The van der Waals surface area contributed by atoms with Gasteiger partial charge in [0.1, 0.15) is 0 Å². The van der Waals surface area contributed by atoms with Gasteiger partial charge >= 0.3 is 6.18 Å². The molecular formula is C21H19F3N4O3S. The Morgan fingerprint density at radius 1 is 1.28 bits per heavy atom. The molecule has 2 aromatic heterocycles. The Morgan fingerprint density at radius 3 is 2.72 bits per heavy atom. The summed E-state index contributed by atoms with van der Waals surface area (Å²) < 4.78 is 45.4. The molecule has 11 heteroatoms. The lowest BCUT2D eigenvalue weighted by molar-refractivity contribution is -0.137. The summed E-state index contributed by atoms with van der Waals surface area (Å²) in [7, 11) is 1.33. The van der Waals surface area contributed by atoms with Gasteiger partial charge in [-0.2, -0.15) is 18.3 Å². The summed E-state index contributed by atoms with van der Waals surface area (Å²) in [6.45, 7) is 3.97. The van der Waals surface area contributed by atoms with E-state index in [-0.39, 0.29) is 33.5 Å². The molecule has 168 valence electrons. The first-order chi connectivity index (χ1) is 15.0. The molecule has 2 heterocycles. The van der Waals surface area contributed by atoms with Gasteiger partial charge in [-0.3, -0.25) is 14.9 Å². The van der Waals surface area contributed by atoms with Crippen LogP contribution in [0.4, 0.5) is 18.3 Å². The maximum Gasteiger partial charge on any atom is 0.416 e. The molecule has 0 fully saturated rings. The minimum absolute atomic E-state index is 0.0133. The molecule has 1 aliphatic carbocycles. The van der Waals surface area contributed by atoms with Crippen LogP contribution in [-0.2, 0) is 12.6 Å². The zero-order chi connectivity index (χ0) is 23.3. The Morgan fingerprint density at radius 2 is 2.03 bits per heavy atom. The Bertz CT molecular complexity index is 1210. The number of ketones is 1. The summed E-state index contributed by atoms with van der Waals surface area (Å²) in [4.78, 5) is 30.1. The summed E-state index contributed by atoms with van der Waals surface area (Å²) in [5.74, 6) is -0.579. The van der Waals surface area contributed by atoms with Crippen molar-refractivity contribution in [3.63, 3.8) is 0 Å². The van der Waals surface area contributed by atoms with Crippen molar-refractivity contribution < 1.29 is 27.5 Å². The molecule has 0 radical (unpaired) electrons. The molecule has 1 aromatic carbocycles. The van der Waals surface area contributed by atoms with Gasteiger partial charge in [-0.1, -0.05) is 31.3 Å². The number of halogens is 3. The zero-order valence-electron chi connectivity index (χ0n) is 17.4. The standard InChI is InChI=1S/C21H19F3N4O3S/c1-20(2)8-13-17(14(29)9-20)32-19(25-13)26-18(30)16-15(31-3)10-28(27-16)12-6-4-5-11(7-12)21(22,23)24/h4-7,10H,8-9H2,1-3H3,(H,25,26,30). The van der Waals surface area contributed by atoms with Crippen LogP contribution in [0.25, 0.3) is 5.69 Å². The average Bonchev–Trinajstić information content (AvgIpc) is 3.30. The lowest BCUT2D eigenvalue weighted by atomic mass is 9.78. The highest BCUT2D eigenvalue weighted by Crippen LogP contribution is 2.38. The number of nitrogens with zero attached hydrogens (tertiary/aromatic N) is 3. The fourth-order valence-electron chi connectivity index (χ4n) is 3.55. The number of anilines is 1. The first kappa shape index (κ1) is 22.0. The number of aromatic nitrogens is 3. The predicted molar refractivity (Wildman–Crippen MR) is 112 cm³/mol. The number of hydrogen-bond donors (Lipinski definition) is 1. The minimum Gasteiger partial charge on any atom is -0.493 e. The van der Waals surface area contributed by atoms with Crippen molar-refractivity contribution in [2.75, 3.05) is 12.4 Å². The fourth-order valence-corrected chi connectivity index (χ4v) is 4.47. The Kier molecular flexibility index (Phi) is 5.32. The molecule has 0 bridgehead atoms. The van der Waals surface area contributed by atoms with Gasteiger partial charge in [-0.25, -0.2) is 9.67 Å². The van der Waals surface area contributed by atoms with E-state index in [1.807, 2.05) is 13.8 Å². The predicted octanol–water partition coefficient (Wildman–Crippen LogP) is 4.76. The summed E-state index contributed by atoms with van der Waals surface area (Å²) in [5.41, 5.74) is -0.393. The van der Waals surface area contributed by atoms with E-state index in [9.17, 15) is 22.8 Å². The van der Waals surface area contributed by atoms with Crippen LogP contribution in [0.1, 0.15) is 51.7 Å². The van der Waals surface area contributed by atoms with E-state index < -0.39 is 17.6 Å². The van der Waals surface area contributed by atoms with E-state index in [0.29, 0.717) is 23.4 Å². The van der Waals surface area contributed by atoms with E-state index in [1.54, 1.807) is 0 Å². The van der Waals surface area contributed by atoms with Crippen molar-refractivity contribution in [2.45, 2.75) is 32.9 Å². The van der Waals surface area contributed by atoms with Crippen LogP contribution in [0.3, 0.4) is 0 Å². The summed E-state index contributed by atoms with van der Waals surface area (Å²) >= 11 is 1.10. The van der Waals surface area contributed by atoms with Crippen molar-refractivity contribution >= 4 is 28.2 Å². The molecule has 0 unspecified atom stereocenters. The number of carbonyl (C=O) groups excluding carboxylic acids is 2. The van der Waals surface area contributed by atoms with Gasteiger partial charge in [0.2, 0.25) is 0 Å². The van der Waals surface area contributed by atoms with Gasteiger partial charge in [0.05, 0.1) is 35.1 Å². The molecule has 0 saturated heterocycles. The SMILES string of the molecule is COc1cn(-c2cccc(C(F)(F)F)c2)nc1C(=O)Nc1nc2c(s1)C(=O)CC(C)(C)C2. The summed E-state index contributed by atoms with van der Waals surface area (Å²) in [6.07, 6.45) is -2.16. The molecule has 1 N–H and O–H groups in total. The molecule has 4 rings (SSSR count). The largest absolute Gasteiger partial charge is 0.493 e. The smallest absolute Gasteiger partial charge is 0.416 e. The third-order valence-corrected chi connectivity index (χ3v) is 6.06. The molecule has 0 aliphatic heterocycles. The second-order valence-electron chi connectivity index (χ2n) is 8.23. The molecule has 1 amide bonds. The van der Waals surface area contributed by atoms with Crippen molar-refractivity contribution in [1.29, 1.82) is 0 Å². The van der Waals surface area contributed by atoms with Gasteiger partial charge in [0, 0.05) is 6.42 Å². The molecule has 0 spiro atoms. The minimum atomic E-state index is -4.51. The second-order valence-corrected chi connectivity index (χ2v) is 9.23. The van der Waals surface area contributed by atoms with Gasteiger partial charge in [0.15, 0.2) is 22.4 Å². The van der Waals surface area contributed by atoms with E-state index in [0.717, 1.165) is 28.2 Å². The van der Waals surface area contributed by atoms with E-state index in [2.05, 4.69) is 15.4 Å². The second kappa shape index (κ2) is 7.73. The van der Waals surface area contributed by atoms with Crippen molar-refractivity contribution in [3.8, 4) is 11.4 Å². The van der Waals surface area contributed by atoms with Crippen molar-refractivity contribution in [1.82, 2.24) is 14.8 Å². The number of hydrogen-bond acceptors (Lipinski definition) is 6. The van der Waals surface area contributed by atoms with Crippen LogP contribution < -0.4 is 10.1 Å². The van der Waals surface area contributed by atoms with Crippen LogP contribution in [-0.4, -0.2) is 33.6 Å². The number of alkyl halides is 3. The quantitative estimate of drug-likeness (QED) is 0.602. The number of carbonyl (C=O) groups is 2. The number of methoxy groups -OCH3 is 1. The molecule has 1 aliphatic rings. The summed E-state index contributed by atoms with van der Waals surface area (Å²) in [5, 5.41) is 6.98. The van der Waals surface area contributed by atoms with Crippen LogP contribution in [0.5, 0.6) is 5.75 Å². The molecule has 3 aromatic rings. The van der Waals surface area contributed by atoms with Crippen LogP contribution in [0.2, 0.25) is 0 Å². The first-order valence-corrected chi connectivity index (χ1v) is 10.4. The maximum absolute atomic E-state index is 13.0. The molecular weight excluding hydrogens is 445 g/mol. The lowest BCUT2D eigenvalue weighted by Gasteiger charge is -2.26. The van der Waals surface area contributed by atoms with E-state index in [1.165, 1.54) is 25.4 Å². The van der Waals surface area contributed by atoms with Crippen molar-refractivity contribution in [2.24, 2.45) is 5.41 Å². The number of thiazole rings is 1. The van der Waals surface area contributed by atoms with Crippen LogP contribution in [0, 0.1) is 5.41 Å². The number of ether oxygens (including phenoxy) is 1. The molecule has 32 heavy (non-hydrogen) atoms. The average molecular weight is 464 g/mol. The van der Waals surface area contributed by atoms with Gasteiger partial charge in [-0.05, 0) is 30.0 Å². The Balaban J connectivity index is 1.61. The van der Waals surface area contributed by atoms with E-state index in [4.69, 9.17) is 4.74 Å². The number of Topliss-reactive ketones (excluding diaryl/α,β-unsaturated/α-hetero) is 1. The van der Waals surface area contributed by atoms with Crippen LogP contribution >= 0.6 is 11.3 Å². The highest BCUT2D eigenvalue weighted by molar-refractivity contribution is 7.17. The highest BCUT2D eigenvalue weighted by atomic mass is 32.1. The normalized spacial score (nSPS) is 15.4. The Labute approximate surface area is 185 Å². The first-order valence-electron chi connectivity index (χ1n) is 9.62. The maximum atomic E-state index is 13.0. The van der Waals surface area contributed by atoms with Gasteiger partial charge in [0.25, 0.3) is 5.91 Å². The van der Waals surface area contributed by atoms with E-state index >= 15 is 0 Å². The molecule has 0 saturated carbocycles. The lowest BCUT2D eigenvalue weighted by Crippen LogP contribution is -2.26. The van der Waals surface area contributed by atoms with Crippen molar-refractivity contribution in [3.05, 3.63) is 52.3 Å². The number of nitrogens with one attached hydrogen (secondary N) is 1. The van der Waals surface area contributed by atoms with Gasteiger partial charge < -0.3 is 4.74 Å². The fraction of sp³-hybridized carbons (Fsp3) is 0.333. The summed E-state index contributed by atoms with van der Waals surface area (Å²) in [6, 6.07) is 4.57. The number of rotatable bonds is 4. The van der Waals surface area contributed by atoms with Crippen LogP contribution in [0.15, 0.2) is 30.5 Å². The third kappa shape index (κ3) is 4.24.